The summed E-state index contributed by atoms with van der Waals surface area (Å²) in [5.74, 6) is 0. The zero-order chi connectivity index (χ0) is 9.84. The minimum atomic E-state index is 0.163. The van der Waals surface area contributed by atoms with Gasteiger partial charge in [0.15, 0.2) is 0 Å². The van der Waals surface area contributed by atoms with Gasteiger partial charge >= 0.3 is 0 Å². The third-order valence-corrected chi connectivity index (χ3v) is 2.79. The van der Waals surface area contributed by atoms with Crippen LogP contribution in [0.2, 0.25) is 0 Å². The molecule has 0 spiro atoms. The molecule has 0 saturated carbocycles. The van der Waals surface area contributed by atoms with Gasteiger partial charge in [0.2, 0.25) is 10.5 Å². The molecule has 0 fully saturated rings. The van der Waals surface area contributed by atoms with Crippen molar-refractivity contribution in [3.8, 4) is 0 Å². The van der Waals surface area contributed by atoms with Gasteiger partial charge in [0.1, 0.15) is 0 Å². The Kier molecular flexibility index (Phi) is 3.69. The lowest BCUT2D eigenvalue weighted by Crippen LogP contribution is -2.03. The summed E-state index contributed by atoms with van der Waals surface area (Å²) in [5.41, 5.74) is 3.92. The molecule has 0 saturated heterocycles. The number of hydrogen-bond donors (Lipinski definition) is 0. The predicted octanol–water partition coefficient (Wildman–Crippen LogP) is 2.85. The van der Waals surface area contributed by atoms with Crippen LogP contribution in [0.25, 0.3) is 0 Å². The van der Waals surface area contributed by atoms with Crippen LogP contribution in [0.3, 0.4) is 0 Å². The second-order valence-electron chi connectivity index (χ2n) is 3.30. The molecule has 1 unspecified atom stereocenters. The van der Waals surface area contributed by atoms with E-state index in [0.717, 1.165) is 6.42 Å². The molecule has 0 amide bonds. The molecule has 0 aliphatic carbocycles. The van der Waals surface area contributed by atoms with Crippen LogP contribution < -0.4 is 0 Å². The van der Waals surface area contributed by atoms with Gasteiger partial charge in [-0.2, -0.15) is 0 Å². The first kappa shape index (κ1) is 10.5. The smallest absolute Gasteiger partial charge is 0.247 e. The fraction of sp³-hybridized carbons (Fsp3) is 0.455. The van der Waals surface area contributed by atoms with Gasteiger partial charge in [0.25, 0.3) is 0 Å². The maximum atomic E-state index is 5.23. The number of hydrogen-bond acceptors (Lipinski definition) is 1. The summed E-state index contributed by atoms with van der Waals surface area (Å²) in [6, 6.07) is 6.32. The summed E-state index contributed by atoms with van der Waals surface area (Å²) in [4.78, 5) is 0. The molecular formula is C11H15OSi. The van der Waals surface area contributed by atoms with Crippen LogP contribution in [0, 0.1) is 13.8 Å². The molecule has 0 N–H and O–H groups in total. The highest BCUT2D eigenvalue weighted by Gasteiger charge is 2.10. The second kappa shape index (κ2) is 4.58. The molecule has 0 bridgehead atoms. The molecule has 2 heteroatoms. The highest BCUT2D eigenvalue weighted by atomic mass is 28.2. The lowest BCUT2D eigenvalue weighted by atomic mass is 9.98. The summed E-state index contributed by atoms with van der Waals surface area (Å²) in [6.45, 7) is 6.38. The molecule has 0 heterocycles. The van der Waals surface area contributed by atoms with Crippen LogP contribution in [0.15, 0.2) is 18.2 Å². The number of aryl methyl sites for hydroxylation is 1. The average Bonchev–Trinajstić information content (AvgIpc) is 2.14. The third kappa shape index (κ3) is 2.20. The van der Waals surface area contributed by atoms with Gasteiger partial charge in [0.05, 0.1) is 6.10 Å². The lowest BCUT2D eigenvalue weighted by molar-refractivity contribution is 0.221. The minimum Gasteiger partial charge on any atom is -0.412 e. The van der Waals surface area contributed by atoms with Crippen molar-refractivity contribution in [3.05, 3.63) is 34.9 Å². The number of benzene rings is 1. The van der Waals surface area contributed by atoms with E-state index in [2.05, 4.69) is 49.5 Å². The zero-order valence-electron chi connectivity index (χ0n) is 8.42. The molecule has 1 aromatic carbocycles. The molecule has 0 aliphatic heterocycles. The van der Waals surface area contributed by atoms with Crippen LogP contribution in [-0.4, -0.2) is 10.5 Å². The zero-order valence-corrected chi connectivity index (χ0v) is 9.42. The summed E-state index contributed by atoms with van der Waals surface area (Å²) < 4.78 is 5.23. The largest absolute Gasteiger partial charge is 0.412 e. The molecule has 13 heavy (non-hydrogen) atoms. The molecule has 0 aromatic heterocycles. The Morgan fingerprint density at radius 3 is 2.62 bits per heavy atom. The Bertz CT molecular complexity index is 279. The van der Waals surface area contributed by atoms with Crippen LogP contribution in [0.4, 0.5) is 0 Å². The van der Waals surface area contributed by atoms with E-state index in [9.17, 15) is 0 Å². The average molecular weight is 191 g/mol. The lowest BCUT2D eigenvalue weighted by Gasteiger charge is -2.17. The van der Waals surface area contributed by atoms with E-state index in [-0.39, 0.29) is 6.10 Å². The van der Waals surface area contributed by atoms with E-state index < -0.39 is 0 Å². The maximum Gasteiger partial charge on any atom is 0.247 e. The molecule has 1 rings (SSSR count). The SMILES string of the molecule is CCC(O[Si])c1cccc(C)c1C. The van der Waals surface area contributed by atoms with Crippen LogP contribution in [-0.2, 0) is 4.43 Å². The van der Waals surface area contributed by atoms with E-state index in [1.54, 1.807) is 0 Å². The van der Waals surface area contributed by atoms with Gasteiger partial charge in [-0.05, 0) is 37.0 Å². The summed E-state index contributed by atoms with van der Waals surface area (Å²) in [5, 5.41) is 0. The summed E-state index contributed by atoms with van der Waals surface area (Å²) in [6.07, 6.45) is 1.14. The summed E-state index contributed by atoms with van der Waals surface area (Å²) in [7, 11) is 3.12. The maximum absolute atomic E-state index is 5.23. The Morgan fingerprint density at radius 1 is 1.38 bits per heavy atom. The van der Waals surface area contributed by atoms with Crippen LogP contribution in [0.1, 0.15) is 36.1 Å². The fourth-order valence-electron chi connectivity index (χ4n) is 1.49. The molecule has 1 nitrogen and oxygen atoms in total. The monoisotopic (exact) mass is 191 g/mol. The molecule has 69 valence electrons. The topological polar surface area (TPSA) is 9.23 Å². The van der Waals surface area contributed by atoms with E-state index in [4.69, 9.17) is 4.43 Å². The second-order valence-corrected chi connectivity index (χ2v) is 3.54. The normalized spacial score (nSPS) is 12.9. The predicted molar refractivity (Wildman–Crippen MR) is 55.8 cm³/mol. The van der Waals surface area contributed by atoms with Crippen molar-refractivity contribution in [3.63, 3.8) is 0 Å². The van der Waals surface area contributed by atoms with Crippen molar-refractivity contribution < 1.29 is 4.43 Å². The minimum absolute atomic E-state index is 0.163. The van der Waals surface area contributed by atoms with Gasteiger partial charge in [-0.25, -0.2) is 0 Å². The van der Waals surface area contributed by atoms with E-state index in [1.807, 2.05) is 0 Å². The van der Waals surface area contributed by atoms with E-state index >= 15 is 0 Å². The van der Waals surface area contributed by atoms with Crippen molar-refractivity contribution in [2.75, 3.05) is 0 Å². The summed E-state index contributed by atoms with van der Waals surface area (Å²) >= 11 is 0. The van der Waals surface area contributed by atoms with E-state index in [0.29, 0.717) is 0 Å². The first-order valence-corrected chi connectivity index (χ1v) is 5.00. The highest BCUT2D eigenvalue weighted by Crippen LogP contribution is 2.24. The van der Waals surface area contributed by atoms with Gasteiger partial charge in [0, 0.05) is 0 Å². The van der Waals surface area contributed by atoms with E-state index in [1.165, 1.54) is 16.7 Å². The molecule has 1 atom stereocenters. The van der Waals surface area contributed by atoms with Crippen molar-refractivity contribution in [1.82, 2.24) is 0 Å². The highest BCUT2D eigenvalue weighted by molar-refractivity contribution is 5.98. The van der Waals surface area contributed by atoms with Gasteiger partial charge in [-0.15, -0.1) is 0 Å². The molecule has 1 aromatic rings. The quantitative estimate of drug-likeness (QED) is 0.668. The van der Waals surface area contributed by atoms with Gasteiger partial charge < -0.3 is 4.43 Å². The first-order valence-electron chi connectivity index (χ1n) is 4.59. The Morgan fingerprint density at radius 2 is 2.08 bits per heavy atom. The molecular weight excluding hydrogens is 176 g/mol. The van der Waals surface area contributed by atoms with Crippen LogP contribution >= 0.6 is 0 Å². The van der Waals surface area contributed by atoms with Gasteiger partial charge in [-0.3, -0.25) is 0 Å². The van der Waals surface area contributed by atoms with Crippen LogP contribution in [0.5, 0.6) is 0 Å². The third-order valence-electron chi connectivity index (χ3n) is 2.51. The Hall–Kier alpha value is -0.603. The first-order chi connectivity index (χ1) is 6.20. The Balaban J connectivity index is 3.05. The fourth-order valence-corrected chi connectivity index (χ4v) is 1.78. The van der Waals surface area contributed by atoms with Crippen molar-refractivity contribution in [1.29, 1.82) is 0 Å². The standard InChI is InChI=1S/C11H15OSi/c1-4-11(12-13)10-7-5-6-8(2)9(10)3/h5-7,11H,4H2,1-3H3. The van der Waals surface area contributed by atoms with Crippen molar-refractivity contribution in [2.45, 2.75) is 33.3 Å². The van der Waals surface area contributed by atoms with Crippen molar-refractivity contribution >= 4 is 10.5 Å². The molecule has 3 radical (unpaired) electrons. The number of rotatable bonds is 3. The molecule has 0 aliphatic rings. The van der Waals surface area contributed by atoms with Crippen molar-refractivity contribution in [2.24, 2.45) is 0 Å². The van der Waals surface area contributed by atoms with Gasteiger partial charge in [-0.1, -0.05) is 25.1 Å². The Labute approximate surface area is 83.7 Å².